The number of benzene rings is 1. The van der Waals surface area contributed by atoms with E-state index < -0.39 is 36.3 Å². The maximum absolute atomic E-state index is 12.1. The second-order valence-corrected chi connectivity index (χ2v) is 5.65. The summed E-state index contributed by atoms with van der Waals surface area (Å²) in [6.07, 6.45) is 0. The van der Waals surface area contributed by atoms with Gasteiger partial charge in [-0.3, -0.25) is 19.3 Å². The minimum absolute atomic E-state index is 0.295. The van der Waals surface area contributed by atoms with E-state index in [0.717, 1.165) is 16.0 Å². The third kappa shape index (κ3) is 3.39. The number of hydrogen-bond donors (Lipinski definition) is 1. The number of hydrogen-bond acceptors (Lipinski definition) is 4. The molecule has 0 unspecified atom stereocenters. The van der Waals surface area contributed by atoms with Crippen molar-refractivity contribution in [1.82, 2.24) is 15.1 Å². The van der Waals surface area contributed by atoms with E-state index in [1.807, 2.05) is 31.2 Å². The summed E-state index contributed by atoms with van der Waals surface area (Å²) in [5.74, 6) is -2.35. The van der Waals surface area contributed by atoms with Gasteiger partial charge in [0.2, 0.25) is 5.91 Å². The van der Waals surface area contributed by atoms with Crippen molar-refractivity contribution in [3.8, 4) is 0 Å². The Hall–Kier alpha value is -2.70. The first-order valence-electron chi connectivity index (χ1n) is 7.33. The summed E-state index contributed by atoms with van der Waals surface area (Å²) in [7, 11) is 0. The average molecular weight is 317 g/mol. The van der Waals surface area contributed by atoms with E-state index in [0.29, 0.717) is 11.4 Å². The Labute approximate surface area is 134 Å². The second-order valence-electron chi connectivity index (χ2n) is 5.65. The zero-order valence-corrected chi connectivity index (χ0v) is 13.3. The fourth-order valence-electron chi connectivity index (χ4n) is 2.32. The van der Waals surface area contributed by atoms with Crippen LogP contribution in [0.25, 0.3) is 0 Å². The summed E-state index contributed by atoms with van der Waals surface area (Å²) in [5, 5.41) is 2.65. The lowest BCUT2D eigenvalue weighted by molar-refractivity contribution is -0.144. The third-order valence-electron chi connectivity index (χ3n) is 3.64. The average Bonchev–Trinajstić information content (AvgIpc) is 2.70. The first-order valence-corrected chi connectivity index (χ1v) is 7.33. The molecule has 1 aliphatic rings. The van der Waals surface area contributed by atoms with Crippen molar-refractivity contribution < 1.29 is 19.2 Å². The fourth-order valence-corrected chi connectivity index (χ4v) is 2.32. The number of rotatable bonds is 5. The number of nitrogens with zero attached hydrogens (tertiary/aromatic N) is 2. The van der Waals surface area contributed by atoms with Crippen LogP contribution in [0.3, 0.4) is 0 Å². The van der Waals surface area contributed by atoms with Crippen molar-refractivity contribution in [3.05, 3.63) is 35.4 Å². The molecule has 1 saturated heterocycles. The molecule has 0 bridgehead atoms. The Kier molecular flexibility index (Phi) is 4.78. The van der Waals surface area contributed by atoms with Crippen LogP contribution in [0.2, 0.25) is 0 Å². The van der Waals surface area contributed by atoms with Crippen molar-refractivity contribution in [2.75, 3.05) is 6.54 Å². The normalized spacial score (nSPS) is 14.9. The number of carbonyl (C=O) groups is 4. The van der Waals surface area contributed by atoms with Gasteiger partial charge in [0.15, 0.2) is 0 Å². The second kappa shape index (κ2) is 6.60. The Balaban J connectivity index is 1.98. The van der Waals surface area contributed by atoms with Crippen LogP contribution in [0.5, 0.6) is 0 Å². The van der Waals surface area contributed by atoms with Gasteiger partial charge in [0, 0.05) is 12.6 Å². The summed E-state index contributed by atoms with van der Waals surface area (Å²) in [6.45, 7) is 5.02. The van der Waals surface area contributed by atoms with Crippen LogP contribution in [0.4, 0.5) is 4.79 Å². The molecule has 0 radical (unpaired) electrons. The zero-order chi connectivity index (χ0) is 17.1. The van der Waals surface area contributed by atoms with E-state index in [1.165, 1.54) is 0 Å². The maximum atomic E-state index is 12.1. The van der Waals surface area contributed by atoms with Crippen LogP contribution in [-0.4, -0.2) is 46.1 Å². The Morgan fingerprint density at radius 2 is 1.78 bits per heavy atom. The molecule has 0 atom stereocenters. The highest BCUT2D eigenvalue weighted by Crippen LogP contribution is 2.15. The molecule has 1 aliphatic heterocycles. The molecule has 7 nitrogen and oxygen atoms in total. The minimum atomic E-state index is -0.963. The van der Waals surface area contributed by atoms with Crippen LogP contribution in [0, 0.1) is 6.92 Å². The van der Waals surface area contributed by atoms with Gasteiger partial charge in [-0.1, -0.05) is 24.3 Å². The predicted molar refractivity (Wildman–Crippen MR) is 82.1 cm³/mol. The van der Waals surface area contributed by atoms with E-state index in [2.05, 4.69) is 5.32 Å². The van der Waals surface area contributed by atoms with E-state index in [9.17, 15) is 19.2 Å². The largest absolute Gasteiger partial charge is 0.350 e. The lowest BCUT2D eigenvalue weighted by Gasteiger charge is -2.18. The van der Waals surface area contributed by atoms with E-state index in [4.69, 9.17) is 0 Å². The molecule has 1 heterocycles. The quantitative estimate of drug-likeness (QED) is 0.643. The molecule has 2 rings (SSSR count). The molecule has 1 aromatic carbocycles. The fraction of sp³-hybridized carbons (Fsp3) is 0.375. The first-order chi connectivity index (χ1) is 10.8. The lowest BCUT2D eigenvalue weighted by Crippen LogP contribution is -2.42. The smallest absolute Gasteiger partial charge is 0.334 e. The number of amides is 5. The molecule has 1 fully saturated rings. The summed E-state index contributed by atoms with van der Waals surface area (Å²) in [5.41, 5.74) is 1.97. The van der Waals surface area contributed by atoms with E-state index in [1.54, 1.807) is 13.8 Å². The SMILES string of the molecule is Cc1ccccc1CNC(=O)CN1C(=O)C(=O)N(C(C)C)C1=O. The van der Waals surface area contributed by atoms with Crippen molar-refractivity contribution in [2.24, 2.45) is 0 Å². The molecular weight excluding hydrogens is 298 g/mol. The van der Waals surface area contributed by atoms with Gasteiger partial charge in [-0.25, -0.2) is 9.69 Å². The van der Waals surface area contributed by atoms with Crippen molar-refractivity contribution in [3.63, 3.8) is 0 Å². The van der Waals surface area contributed by atoms with Crippen LogP contribution in [-0.2, 0) is 20.9 Å². The summed E-state index contributed by atoms with van der Waals surface area (Å²) >= 11 is 0. The molecular formula is C16H19N3O4. The van der Waals surface area contributed by atoms with Gasteiger partial charge >= 0.3 is 17.8 Å². The van der Waals surface area contributed by atoms with Gasteiger partial charge < -0.3 is 5.32 Å². The molecule has 0 aliphatic carbocycles. The Morgan fingerprint density at radius 1 is 1.13 bits per heavy atom. The van der Waals surface area contributed by atoms with Crippen molar-refractivity contribution >= 4 is 23.8 Å². The van der Waals surface area contributed by atoms with E-state index >= 15 is 0 Å². The van der Waals surface area contributed by atoms with Crippen LogP contribution < -0.4 is 5.32 Å². The van der Waals surface area contributed by atoms with Crippen LogP contribution >= 0.6 is 0 Å². The van der Waals surface area contributed by atoms with Gasteiger partial charge in [-0.15, -0.1) is 0 Å². The standard InChI is InChI=1S/C16H19N3O4/c1-10(2)19-15(22)14(21)18(16(19)23)9-13(20)17-8-12-7-5-4-6-11(12)3/h4-7,10H,8-9H2,1-3H3,(H,17,20). The molecule has 1 N–H and O–H groups in total. The molecule has 23 heavy (non-hydrogen) atoms. The highest BCUT2D eigenvalue weighted by atomic mass is 16.2. The number of urea groups is 1. The predicted octanol–water partition coefficient (Wildman–Crippen LogP) is 0.810. The highest BCUT2D eigenvalue weighted by Gasteiger charge is 2.46. The summed E-state index contributed by atoms with van der Waals surface area (Å²) in [4.78, 5) is 49.2. The zero-order valence-electron chi connectivity index (χ0n) is 13.3. The Morgan fingerprint density at radius 3 is 2.35 bits per heavy atom. The molecule has 7 heteroatoms. The molecule has 0 saturated carbocycles. The van der Waals surface area contributed by atoms with Gasteiger partial charge in [0.05, 0.1) is 0 Å². The highest BCUT2D eigenvalue weighted by molar-refractivity contribution is 6.45. The maximum Gasteiger partial charge on any atom is 0.334 e. The Bertz CT molecular complexity index is 669. The van der Waals surface area contributed by atoms with Gasteiger partial charge in [0.25, 0.3) is 0 Å². The van der Waals surface area contributed by atoms with Crippen LogP contribution in [0.15, 0.2) is 24.3 Å². The number of aryl methyl sites for hydroxylation is 1. The molecule has 5 amide bonds. The molecule has 0 aromatic heterocycles. The molecule has 122 valence electrons. The summed E-state index contributed by atoms with van der Waals surface area (Å²) < 4.78 is 0. The number of imide groups is 2. The molecule has 1 aromatic rings. The molecule has 0 spiro atoms. The van der Waals surface area contributed by atoms with Gasteiger partial charge in [-0.05, 0) is 31.9 Å². The van der Waals surface area contributed by atoms with Gasteiger partial charge in [-0.2, -0.15) is 0 Å². The third-order valence-corrected chi connectivity index (χ3v) is 3.64. The first kappa shape index (κ1) is 16.7. The minimum Gasteiger partial charge on any atom is -0.350 e. The lowest BCUT2D eigenvalue weighted by atomic mass is 10.1. The summed E-state index contributed by atoms with van der Waals surface area (Å²) in [6, 6.07) is 6.38. The number of nitrogens with one attached hydrogen (secondary N) is 1. The topological polar surface area (TPSA) is 86.8 Å². The monoisotopic (exact) mass is 317 g/mol. The van der Waals surface area contributed by atoms with E-state index in [-0.39, 0.29) is 0 Å². The van der Waals surface area contributed by atoms with Gasteiger partial charge in [0.1, 0.15) is 6.54 Å². The number of carbonyl (C=O) groups excluding carboxylic acids is 4. The van der Waals surface area contributed by atoms with Crippen LogP contribution in [0.1, 0.15) is 25.0 Å². The van der Waals surface area contributed by atoms with Crippen molar-refractivity contribution in [1.29, 1.82) is 0 Å². The van der Waals surface area contributed by atoms with Crippen molar-refractivity contribution in [2.45, 2.75) is 33.4 Å².